The average molecular weight is 589 g/mol. The molecule has 0 bridgehead atoms. The van der Waals surface area contributed by atoms with E-state index < -0.39 is 85.3 Å². The van der Waals surface area contributed by atoms with Crippen molar-refractivity contribution in [1.82, 2.24) is 0 Å². The van der Waals surface area contributed by atoms with Gasteiger partial charge in [-0.2, -0.15) is 0 Å². The smallest absolute Gasteiger partial charge is 0.331 e. The van der Waals surface area contributed by atoms with Crippen LogP contribution in [-0.2, 0) is 28.5 Å². The van der Waals surface area contributed by atoms with Crippen LogP contribution in [0, 0.1) is 23.7 Å². The first-order chi connectivity index (χ1) is 19.9. The molecule has 12 nitrogen and oxygen atoms in total. The van der Waals surface area contributed by atoms with Crippen molar-refractivity contribution >= 4 is 18.0 Å². The second kappa shape index (κ2) is 11.8. The van der Waals surface area contributed by atoms with Gasteiger partial charge in [0.1, 0.15) is 24.4 Å². The highest BCUT2D eigenvalue weighted by atomic mass is 16.7. The van der Waals surface area contributed by atoms with Crippen molar-refractivity contribution in [3.8, 4) is 11.5 Å². The summed E-state index contributed by atoms with van der Waals surface area (Å²) in [5.74, 6) is -3.61. The number of ether oxygens (including phenoxy) is 4. The summed E-state index contributed by atoms with van der Waals surface area (Å²) in [6, 6.07) is 3.92. The van der Waals surface area contributed by atoms with Crippen molar-refractivity contribution < 1.29 is 59.2 Å². The summed E-state index contributed by atoms with van der Waals surface area (Å²) in [7, 11) is 0. The monoisotopic (exact) mass is 588 g/mol. The van der Waals surface area contributed by atoms with Crippen molar-refractivity contribution in [2.45, 2.75) is 68.8 Å². The van der Waals surface area contributed by atoms with Crippen molar-refractivity contribution in [1.29, 1.82) is 0 Å². The van der Waals surface area contributed by atoms with Gasteiger partial charge in [0, 0.05) is 17.9 Å². The lowest BCUT2D eigenvalue weighted by Crippen LogP contribution is -2.60. The maximum Gasteiger partial charge on any atom is 0.331 e. The van der Waals surface area contributed by atoms with Gasteiger partial charge >= 0.3 is 11.9 Å². The minimum Gasteiger partial charge on any atom is -0.504 e. The van der Waals surface area contributed by atoms with Crippen LogP contribution in [0.4, 0.5) is 0 Å². The molecule has 1 aromatic carbocycles. The molecule has 2 aliphatic carbocycles. The molecular weight excluding hydrogens is 552 g/mol. The number of carbonyl (C=O) groups is 2. The van der Waals surface area contributed by atoms with Gasteiger partial charge in [0.05, 0.1) is 24.7 Å². The van der Waals surface area contributed by atoms with Crippen molar-refractivity contribution in [2.24, 2.45) is 23.7 Å². The van der Waals surface area contributed by atoms with Crippen molar-refractivity contribution in [2.75, 3.05) is 6.61 Å². The van der Waals surface area contributed by atoms with Crippen LogP contribution in [0.5, 0.6) is 11.5 Å². The van der Waals surface area contributed by atoms with Gasteiger partial charge in [0.25, 0.3) is 0 Å². The Labute approximate surface area is 242 Å². The molecule has 12 atom stereocenters. The van der Waals surface area contributed by atoms with E-state index in [9.17, 15) is 40.2 Å². The van der Waals surface area contributed by atoms with Crippen LogP contribution in [0.3, 0.4) is 0 Å². The third kappa shape index (κ3) is 5.46. The number of carbonyl (C=O) groups excluding carboxylic acids is 2. The molecule has 2 saturated carbocycles. The highest BCUT2D eigenvalue weighted by molar-refractivity contribution is 5.87. The summed E-state index contributed by atoms with van der Waals surface area (Å²) in [5.41, 5.74) is 1.70. The molecule has 2 aliphatic heterocycles. The quantitative estimate of drug-likeness (QED) is 0.117. The van der Waals surface area contributed by atoms with Gasteiger partial charge in [-0.15, -0.1) is 0 Å². The molecule has 6 N–H and O–H groups in total. The van der Waals surface area contributed by atoms with Gasteiger partial charge in [0.2, 0.25) is 0 Å². The van der Waals surface area contributed by atoms with Crippen LogP contribution >= 0.6 is 0 Å². The maximum absolute atomic E-state index is 12.7. The molecule has 42 heavy (non-hydrogen) atoms. The number of benzene rings is 1. The number of fused-ring (bicyclic) bond motifs is 3. The first-order valence-corrected chi connectivity index (χ1v) is 13.8. The Morgan fingerprint density at radius 3 is 2.57 bits per heavy atom. The molecule has 1 aromatic rings. The second-order valence-corrected chi connectivity index (χ2v) is 11.5. The van der Waals surface area contributed by atoms with E-state index in [0.717, 1.165) is 11.6 Å². The Kier molecular flexibility index (Phi) is 8.48. The van der Waals surface area contributed by atoms with E-state index in [2.05, 4.69) is 13.2 Å². The van der Waals surface area contributed by atoms with Crippen LogP contribution in [0.1, 0.15) is 25.3 Å². The topological polar surface area (TPSA) is 192 Å². The zero-order valence-electron chi connectivity index (χ0n) is 23.0. The van der Waals surface area contributed by atoms with Crippen molar-refractivity contribution in [3.05, 3.63) is 54.1 Å². The number of aromatic hydroxyl groups is 2. The minimum atomic E-state index is -1.68. The Hall–Kier alpha value is -3.26. The number of aliphatic hydroxyl groups excluding tert-OH is 4. The molecule has 0 aromatic heterocycles. The van der Waals surface area contributed by atoms with Crippen molar-refractivity contribution in [3.63, 3.8) is 0 Å². The number of phenolic OH excluding ortho intramolecular Hbond substituents is 2. The molecule has 5 rings (SSSR count). The molecule has 0 spiro atoms. The van der Waals surface area contributed by atoms with Gasteiger partial charge in [-0.25, -0.2) is 4.79 Å². The molecule has 228 valence electrons. The molecule has 0 radical (unpaired) electrons. The lowest BCUT2D eigenvalue weighted by molar-refractivity contribution is -0.310. The van der Waals surface area contributed by atoms with E-state index in [0.29, 0.717) is 17.6 Å². The average Bonchev–Trinajstić information content (AvgIpc) is 3.39. The molecule has 4 aliphatic rings. The number of aliphatic hydroxyl groups is 4. The molecule has 4 fully saturated rings. The number of rotatable bonds is 6. The van der Waals surface area contributed by atoms with Crippen LogP contribution in [0.25, 0.3) is 6.08 Å². The fourth-order valence-corrected chi connectivity index (χ4v) is 6.62. The predicted octanol–water partition coefficient (Wildman–Crippen LogP) is 0.538. The fraction of sp³-hybridized carbons (Fsp3) is 0.533. The summed E-state index contributed by atoms with van der Waals surface area (Å²) in [5, 5.41) is 61.0. The van der Waals surface area contributed by atoms with Crippen LogP contribution in [-0.4, -0.2) is 98.2 Å². The Morgan fingerprint density at radius 1 is 1.14 bits per heavy atom. The van der Waals surface area contributed by atoms with E-state index >= 15 is 0 Å². The normalized spacial score (nSPS) is 40.0. The number of hydrogen-bond donors (Lipinski definition) is 6. The Morgan fingerprint density at radius 2 is 1.88 bits per heavy atom. The predicted molar refractivity (Wildman–Crippen MR) is 144 cm³/mol. The first-order valence-electron chi connectivity index (χ1n) is 13.8. The maximum atomic E-state index is 12.7. The van der Waals surface area contributed by atoms with Gasteiger partial charge in [-0.3, -0.25) is 4.79 Å². The summed E-state index contributed by atoms with van der Waals surface area (Å²) in [4.78, 5) is 25.2. The summed E-state index contributed by atoms with van der Waals surface area (Å²) in [6.45, 7) is 9.47. The Balaban J connectivity index is 1.35. The van der Waals surface area contributed by atoms with Crippen LogP contribution < -0.4 is 0 Å². The van der Waals surface area contributed by atoms with Gasteiger partial charge in [-0.1, -0.05) is 31.7 Å². The number of esters is 2. The van der Waals surface area contributed by atoms with E-state index in [1.807, 2.05) is 0 Å². The number of phenols is 2. The second-order valence-electron chi connectivity index (χ2n) is 11.5. The summed E-state index contributed by atoms with van der Waals surface area (Å²) in [6.07, 6.45) is -6.61. The molecule has 2 heterocycles. The molecule has 0 amide bonds. The van der Waals surface area contributed by atoms with Crippen LogP contribution in [0.2, 0.25) is 0 Å². The highest BCUT2D eigenvalue weighted by Crippen LogP contribution is 2.53. The molecule has 2 saturated heterocycles. The molecular formula is C30H36O12. The SMILES string of the molecule is C=C1[C@@H]2[C@H]3OC(=O)[C@@H](C)[C@@H]3[C@@H](O)CC(=C)[C@@H]2C[C@@H]1O[C@@H]1O[C@H](CO)[C@@H](O)[C@H](O)[C@H]1OC(=O)/C=C/c1ccc(O)c(O)c1. The lowest BCUT2D eigenvalue weighted by Gasteiger charge is -2.42. The first kappa shape index (κ1) is 30.2. The Bertz CT molecular complexity index is 1270. The lowest BCUT2D eigenvalue weighted by atomic mass is 9.79. The highest BCUT2D eigenvalue weighted by Gasteiger charge is 2.58. The van der Waals surface area contributed by atoms with Crippen LogP contribution in [0.15, 0.2) is 48.6 Å². The standard InChI is InChI=1S/C30H36O12/c1-12-8-19(34)24-14(3)29(38)42-27(24)23-13(2)20(10-16(12)23)39-30-28(26(37)25(36)21(11-31)40-30)41-22(35)7-5-15-4-6-17(32)18(33)9-15/h4-7,9,14,16,19-21,23-28,30-34,36-37H,1-2,8,10-11H2,3H3/b7-5+/t14-,16-,19-,20-,21+,23-,24+,25+,26-,27+,28+,30+/m0/s1. The van der Waals surface area contributed by atoms with E-state index in [4.69, 9.17) is 18.9 Å². The molecule has 0 unspecified atom stereocenters. The van der Waals surface area contributed by atoms with Gasteiger partial charge in [0.15, 0.2) is 23.9 Å². The third-order valence-corrected chi connectivity index (χ3v) is 8.90. The fourth-order valence-electron chi connectivity index (χ4n) is 6.62. The van der Waals surface area contributed by atoms with Gasteiger partial charge in [-0.05, 0) is 48.1 Å². The minimum absolute atomic E-state index is 0.233. The molecule has 12 heteroatoms. The van der Waals surface area contributed by atoms with Gasteiger partial charge < -0.3 is 49.6 Å². The summed E-state index contributed by atoms with van der Waals surface area (Å²) < 4.78 is 23.1. The van der Waals surface area contributed by atoms with E-state index in [1.54, 1.807) is 6.92 Å². The number of hydrogen-bond acceptors (Lipinski definition) is 12. The van der Waals surface area contributed by atoms with E-state index in [1.165, 1.54) is 24.3 Å². The zero-order chi connectivity index (χ0) is 30.5. The third-order valence-electron chi connectivity index (χ3n) is 8.90. The summed E-state index contributed by atoms with van der Waals surface area (Å²) >= 11 is 0. The van der Waals surface area contributed by atoms with E-state index in [-0.39, 0.29) is 23.8 Å². The largest absolute Gasteiger partial charge is 0.504 e. The zero-order valence-corrected chi connectivity index (χ0v) is 23.0.